The summed E-state index contributed by atoms with van der Waals surface area (Å²) in [7, 11) is 1.71. The zero-order chi connectivity index (χ0) is 17.0. The maximum Gasteiger partial charge on any atom is 0.418 e. The van der Waals surface area contributed by atoms with Crippen LogP contribution < -0.4 is 10.6 Å². The van der Waals surface area contributed by atoms with Crippen molar-refractivity contribution in [3.05, 3.63) is 41.6 Å². The average Bonchev–Trinajstić information content (AvgIpc) is 2.84. The molecule has 0 unspecified atom stereocenters. The molecule has 0 atom stereocenters. The number of rotatable bonds is 5. The SMILES string of the molecule is CNCCC(=O)Nc1cc(C)nn1-c1ccccc1C(F)(F)F. The summed E-state index contributed by atoms with van der Waals surface area (Å²) in [6.07, 6.45) is -4.30. The van der Waals surface area contributed by atoms with Crippen LogP contribution in [0.3, 0.4) is 0 Å². The lowest BCUT2D eigenvalue weighted by Crippen LogP contribution is -2.21. The molecule has 0 aliphatic carbocycles. The summed E-state index contributed by atoms with van der Waals surface area (Å²) in [5, 5.41) is 9.51. The predicted octanol–water partition coefficient (Wildman–Crippen LogP) is 2.75. The minimum atomic E-state index is -4.51. The summed E-state index contributed by atoms with van der Waals surface area (Å²) >= 11 is 0. The molecule has 1 aromatic heterocycles. The van der Waals surface area contributed by atoms with Crippen LogP contribution in [0, 0.1) is 6.92 Å². The minimum Gasteiger partial charge on any atom is -0.319 e. The number of hydrogen-bond donors (Lipinski definition) is 2. The van der Waals surface area contributed by atoms with Crippen molar-refractivity contribution < 1.29 is 18.0 Å². The van der Waals surface area contributed by atoms with E-state index in [0.29, 0.717) is 12.2 Å². The number of anilines is 1. The maximum atomic E-state index is 13.2. The van der Waals surface area contributed by atoms with Crippen molar-refractivity contribution in [2.45, 2.75) is 19.5 Å². The smallest absolute Gasteiger partial charge is 0.319 e. The molecule has 0 fully saturated rings. The van der Waals surface area contributed by atoms with Crippen molar-refractivity contribution in [2.24, 2.45) is 0 Å². The molecule has 124 valence electrons. The van der Waals surface area contributed by atoms with Crippen molar-refractivity contribution in [1.82, 2.24) is 15.1 Å². The molecule has 5 nitrogen and oxygen atoms in total. The Bertz CT molecular complexity index is 694. The quantitative estimate of drug-likeness (QED) is 0.888. The third-order valence-corrected chi connectivity index (χ3v) is 3.14. The number of para-hydroxylation sites is 1. The average molecular weight is 326 g/mol. The monoisotopic (exact) mass is 326 g/mol. The molecular weight excluding hydrogens is 309 g/mol. The van der Waals surface area contributed by atoms with Crippen LogP contribution >= 0.6 is 0 Å². The fourth-order valence-corrected chi connectivity index (χ4v) is 2.11. The van der Waals surface area contributed by atoms with Gasteiger partial charge in [0.15, 0.2) is 0 Å². The zero-order valence-electron chi connectivity index (χ0n) is 12.7. The largest absolute Gasteiger partial charge is 0.418 e. The second-order valence-corrected chi connectivity index (χ2v) is 5.00. The predicted molar refractivity (Wildman–Crippen MR) is 80.5 cm³/mol. The van der Waals surface area contributed by atoms with Crippen LogP contribution in [-0.2, 0) is 11.0 Å². The number of carbonyl (C=O) groups excluding carboxylic acids is 1. The van der Waals surface area contributed by atoms with Crippen LogP contribution in [0.15, 0.2) is 30.3 Å². The van der Waals surface area contributed by atoms with Gasteiger partial charge in [0.2, 0.25) is 5.91 Å². The van der Waals surface area contributed by atoms with E-state index in [1.165, 1.54) is 24.3 Å². The Morgan fingerprint density at radius 2 is 2.00 bits per heavy atom. The summed E-state index contributed by atoms with van der Waals surface area (Å²) in [5.41, 5.74) is -0.434. The number of amides is 1. The second kappa shape index (κ2) is 6.82. The molecule has 2 rings (SSSR count). The number of carbonyl (C=O) groups is 1. The number of hydrogen-bond acceptors (Lipinski definition) is 3. The molecule has 2 aromatic rings. The number of halogens is 3. The molecule has 1 amide bonds. The van der Waals surface area contributed by atoms with Crippen molar-refractivity contribution in [3.63, 3.8) is 0 Å². The van der Waals surface area contributed by atoms with E-state index in [-0.39, 0.29) is 23.8 Å². The normalized spacial score (nSPS) is 11.5. The minimum absolute atomic E-state index is 0.128. The second-order valence-electron chi connectivity index (χ2n) is 5.00. The number of benzene rings is 1. The van der Waals surface area contributed by atoms with Crippen LogP contribution in [0.4, 0.5) is 19.0 Å². The third-order valence-electron chi connectivity index (χ3n) is 3.14. The zero-order valence-corrected chi connectivity index (χ0v) is 12.7. The Hall–Kier alpha value is -2.35. The molecule has 0 spiro atoms. The van der Waals surface area contributed by atoms with Gasteiger partial charge in [-0.3, -0.25) is 4.79 Å². The summed E-state index contributed by atoms with van der Waals surface area (Å²) < 4.78 is 40.6. The number of aromatic nitrogens is 2. The highest BCUT2D eigenvalue weighted by molar-refractivity contribution is 5.90. The summed E-state index contributed by atoms with van der Waals surface area (Å²) in [6, 6.07) is 6.64. The van der Waals surface area contributed by atoms with E-state index in [2.05, 4.69) is 15.7 Å². The molecule has 0 saturated carbocycles. The van der Waals surface area contributed by atoms with Gasteiger partial charge in [0.1, 0.15) is 5.82 Å². The van der Waals surface area contributed by atoms with Gasteiger partial charge in [-0.05, 0) is 26.1 Å². The van der Waals surface area contributed by atoms with E-state index in [9.17, 15) is 18.0 Å². The molecule has 0 aliphatic rings. The first-order valence-electron chi connectivity index (χ1n) is 7.00. The van der Waals surface area contributed by atoms with E-state index in [1.807, 2.05) is 0 Å². The van der Waals surface area contributed by atoms with Crippen LogP contribution in [0.2, 0.25) is 0 Å². The van der Waals surface area contributed by atoms with E-state index < -0.39 is 11.7 Å². The van der Waals surface area contributed by atoms with Crippen molar-refractivity contribution in [2.75, 3.05) is 18.9 Å². The molecule has 0 radical (unpaired) electrons. The first-order valence-corrected chi connectivity index (χ1v) is 7.00. The topological polar surface area (TPSA) is 59.0 Å². The molecule has 1 heterocycles. The van der Waals surface area contributed by atoms with Gasteiger partial charge in [0, 0.05) is 19.0 Å². The van der Waals surface area contributed by atoms with E-state index in [4.69, 9.17) is 0 Å². The van der Waals surface area contributed by atoms with Gasteiger partial charge in [-0.15, -0.1) is 0 Å². The van der Waals surface area contributed by atoms with Crippen LogP contribution in [0.1, 0.15) is 17.7 Å². The number of aryl methyl sites for hydroxylation is 1. The van der Waals surface area contributed by atoms with Crippen LogP contribution in [0.5, 0.6) is 0 Å². The summed E-state index contributed by atoms with van der Waals surface area (Å²) in [5.74, 6) is -0.0923. The molecule has 0 aliphatic heterocycles. The Labute approximate surface area is 131 Å². The maximum absolute atomic E-state index is 13.2. The van der Waals surface area contributed by atoms with Gasteiger partial charge in [0.25, 0.3) is 0 Å². The Kier molecular flexibility index (Phi) is 5.05. The van der Waals surface area contributed by atoms with Crippen molar-refractivity contribution in [3.8, 4) is 5.69 Å². The molecular formula is C15H17F3N4O. The molecule has 8 heteroatoms. The van der Waals surface area contributed by atoms with Crippen LogP contribution in [0.25, 0.3) is 5.69 Å². The summed E-state index contributed by atoms with van der Waals surface area (Å²) in [6.45, 7) is 2.12. The van der Waals surface area contributed by atoms with Crippen molar-refractivity contribution in [1.29, 1.82) is 0 Å². The van der Waals surface area contributed by atoms with Gasteiger partial charge in [-0.25, -0.2) is 4.68 Å². The van der Waals surface area contributed by atoms with Crippen LogP contribution in [-0.4, -0.2) is 29.3 Å². The van der Waals surface area contributed by atoms with Crippen molar-refractivity contribution >= 4 is 11.7 Å². The number of alkyl halides is 3. The standard InChI is InChI=1S/C15H17F3N4O/c1-10-9-13(20-14(23)7-8-19-2)22(21-10)12-6-4-3-5-11(12)15(16,17)18/h3-6,9,19H,7-8H2,1-2H3,(H,20,23). The van der Waals surface area contributed by atoms with Gasteiger partial charge in [-0.1, -0.05) is 12.1 Å². The Morgan fingerprint density at radius 3 is 2.65 bits per heavy atom. The van der Waals surface area contributed by atoms with E-state index >= 15 is 0 Å². The Balaban J connectivity index is 2.40. The summed E-state index contributed by atoms with van der Waals surface area (Å²) in [4.78, 5) is 11.8. The highest BCUT2D eigenvalue weighted by atomic mass is 19.4. The first kappa shape index (κ1) is 17.0. The molecule has 23 heavy (non-hydrogen) atoms. The van der Waals surface area contributed by atoms with E-state index in [1.54, 1.807) is 14.0 Å². The lowest BCUT2D eigenvalue weighted by molar-refractivity contribution is -0.137. The first-order chi connectivity index (χ1) is 10.8. The Morgan fingerprint density at radius 1 is 1.30 bits per heavy atom. The fourth-order valence-electron chi connectivity index (χ4n) is 2.11. The number of nitrogens with zero attached hydrogens (tertiary/aromatic N) is 2. The van der Waals surface area contributed by atoms with Gasteiger partial charge < -0.3 is 10.6 Å². The lowest BCUT2D eigenvalue weighted by atomic mass is 10.1. The molecule has 2 N–H and O–H groups in total. The van der Waals surface area contributed by atoms with E-state index in [0.717, 1.165) is 10.7 Å². The highest BCUT2D eigenvalue weighted by Gasteiger charge is 2.34. The van der Waals surface area contributed by atoms with Gasteiger partial charge in [-0.2, -0.15) is 18.3 Å². The molecule has 0 saturated heterocycles. The van der Waals surface area contributed by atoms with Gasteiger partial charge >= 0.3 is 6.18 Å². The molecule has 0 bridgehead atoms. The molecule has 1 aromatic carbocycles. The highest BCUT2D eigenvalue weighted by Crippen LogP contribution is 2.34. The third kappa shape index (κ3) is 4.10. The number of nitrogens with one attached hydrogen (secondary N) is 2. The fraction of sp³-hybridized carbons (Fsp3) is 0.333. The lowest BCUT2D eigenvalue weighted by Gasteiger charge is -2.15. The van der Waals surface area contributed by atoms with Gasteiger partial charge in [0.05, 0.1) is 16.9 Å².